The summed E-state index contributed by atoms with van der Waals surface area (Å²) in [5, 5.41) is 5.13. The third-order valence-corrected chi connectivity index (χ3v) is 3.10. The Morgan fingerprint density at radius 2 is 2.00 bits per heavy atom. The van der Waals surface area contributed by atoms with E-state index in [0.717, 1.165) is 17.1 Å². The van der Waals surface area contributed by atoms with Gasteiger partial charge in [-0.3, -0.25) is 4.68 Å². The monoisotopic (exact) mass is 249 g/mol. The van der Waals surface area contributed by atoms with Gasteiger partial charge in [0.2, 0.25) is 0 Å². The molecule has 1 atom stereocenters. The highest BCUT2D eigenvalue weighted by molar-refractivity contribution is 6.30. The van der Waals surface area contributed by atoms with Crippen LogP contribution in [0.25, 0.3) is 0 Å². The zero-order valence-electron chi connectivity index (χ0n) is 9.81. The Kier molecular flexibility index (Phi) is 3.82. The number of aryl methyl sites for hydroxylation is 1. The largest absolute Gasteiger partial charge is 0.330 e. The van der Waals surface area contributed by atoms with E-state index in [4.69, 9.17) is 17.3 Å². The summed E-state index contributed by atoms with van der Waals surface area (Å²) in [4.78, 5) is 0. The van der Waals surface area contributed by atoms with Crippen molar-refractivity contribution in [3.05, 3.63) is 52.8 Å². The Labute approximate surface area is 106 Å². The summed E-state index contributed by atoms with van der Waals surface area (Å²) in [6.45, 7) is 0.609. The van der Waals surface area contributed by atoms with E-state index in [1.807, 2.05) is 48.3 Å². The van der Waals surface area contributed by atoms with Gasteiger partial charge in [0.05, 0.1) is 5.69 Å². The molecular formula is C13H16ClN3. The Morgan fingerprint density at radius 1 is 1.29 bits per heavy atom. The van der Waals surface area contributed by atoms with Gasteiger partial charge in [0.15, 0.2) is 0 Å². The second-order valence-electron chi connectivity index (χ2n) is 4.17. The van der Waals surface area contributed by atoms with Crippen molar-refractivity contribution in [3.63, 3.8) is 0 Å². The van der Waals surface area contributed by atoms with Crippen molar-refractivity contribution in [3.8, 4) is 0 Å². The average Bonchev–Trinajstić information content (AvgIpc) is 2.73. The second kappa shape index (κ2) is 5.34. The molecule has 4 heteroatoms. The molecule has 0 saturated heterocycles. The molecule has 0 amide bonds. The fourth-order valence-corrected chi connectivity index (χ4v) is 2.02. The van der Waals surface area contributed by atoms with Gasteiger partial charge >= 0.3 is 0 Å². The van der Waals surface area contributed by atoms with Crippen LogP contribution in [0.2, 0.25) is 5.02 Å². The van der Waals surface area contributed by atoms with E-state index in [0.29, 0.717) is 12.5 Å². The highest BCUT2D eigenvalue weighted by Gasteiger charge is 2.12. The second-order valence-corrected chi connectivity index (χ2v) is 4.61. The summed E-state index contributed by atoms with van der Waals surface area (Å²) in [7, 11) is 1.92. The number of nitrogens with zero attached hydrogens (tertiary/aromatic N) is 2. The van der Waals surface area contributed by atoms with Gasteiger partial charge in [-0.15, -0.1) is 0 Å². The first-order valence-corrected chi connectivity index (χ1v) is 6.01. The van der Waals surface area contributed by atoms with Crippen molar-refractivity contribution in [1.82, 2.24) is 9.78 Å². The lowest BCUT2D eigenvalue weighted by Crippen LogP contribution is -2.15. The molecule has 0 fully saturated rings. The normalized spacial score (nSPS) is 12.6. The van der Waals surface area contributed by atoms with Crippen molar-refractivity contribution in [2.45, 2.75) is 12.3 Å². The lowest BCUT2D eigenvalue weighted by Gasteiger charge is -2.13. The Morgan fingerprint density at radius 3 is 2.53 bits per heavy atom. The summed E-state index contributed by atoms with van der Waals surface area (Å²) in [5.74, 6) is 0.294. The molecule has 17 heavy (non-hydrogen) atoms. The molecule has 1 heterocycles. The lowest BCUT2D eigenvalue weighted by molar-refractivity contribution is 0.660. The standard InChI is InChI=1S/C13H16ClN3/c1-17-7-6-13(16-17)8-11(9-15)10-2-4-12(14)5-3-10/h2-7,11H,8-9,15H2,1H3. The van der Waals surface area contributed by atoms with E-state index in [1.165, 1.54) is 5.56 Å². The Bertz CT molecular complexity index is 476. The molecule has 2 rings (SSSR count). The first-order chi connectivity index (χ1) is 8.19. The van der Waals surface area contributed by atoms with E-state index >= 15 is 0 Å². The van der Waals surface area contributed by atoms with Crippen LogP contribution in [-0.4, -0.2) is 16.3 Å². The Hall–Kier alpha value is -1.32. The number of aromatic nitrogens is 2. The molecule has 3 nitrogen and oxygen atoms in total. The van der Waals surface area contributed by atoms with Crippen LogP contribution in [0.15, 0.2) is 36.5 Å². The van der Waals surface area contributed by atoms with Gasteiger partial charge in [-0.1, -0.05) is 23.7 Å². The average molecular weight is 250 g/mol. The van der Waals surface area contributed by atoms with E-state index < -0.39 is 0 Å². The minimum atomic E-state index is 0.294. The smallest absolute Gasteiger partial charge is 0.0631 e. The van der Waals surface area contributed by atoms with Crippen LogP contribution in [0.5, 0.6) is 0 Å². The fraction of sp³-hybridized carbons (Fsp3) is 0.308. The van der Waals surface area contributed by atoms with Crippen LogP contribution >= 0.6 is 11.6 Å². The van der Waals surface area contributed by atoms with Crippen LogP contribution in [0.3, 0.4) is 0 Å². The molecule has 0 saturated carbocycles. The van der Waals surface area contributed by atoms with E-state index in [2.05, 4.69) is 5.10 Å². The zero-order chi connectivity index (χ0) is 12.3. The van der Waals surface area contributed by atoms with Gasteiger partial charge in [0, 0.05) is 24.2 Å². The minimum absolute atomic E-state index is 0.294. The molecule has 2 aromatic rings. The third kappa shape index (κ3) is 3.08. The number of hydrogen-bond donors (Lipinski definition) is 1. The van der Waals surface area contributed by atoms with Crippen LogP contribution in [0, 0.1) is 0 Å². The molecule has 0 spiro atoms. The predicted molar refractivity (Wildman–Crippen MR) is 70.2 cm³/mol. The number of hydrogen-bond acceptors (Lipinski definition) is 2. The molecule has 0 aliphatic rings. The van der Waals surface area contributed by atoms with Gasteiger partial charge in [-0.2, -0.15) is 5.10 Å². The van der Waals surface area contributed by atoms with Crippen LogP contribution in [0.1, 0.15) is 17.2 Å². The van der Waals surface area contributed by atoms with Gasteiger partial charge in [-0.05, 0) is 36.7 Å². The van der Waals surface area contributed by atoms with E-state index in [9.17, 15) is 0 Å². The number of halogens is 1. The lowest BCUT2D eigenvalue weighted by atomic mass is 9.94. The fourth-order valence-electron chi connectivity index (χ4n) is 1.90. The first kappa shape index (κ1) is 12.1. The molecule has 0 radical (unpaired) electrons. The molecule has 0 aliphatic carbocycles. The molecule has 2 N–H and O–H groups in total. The predicted octanol–water partition coefficient (Wildman–Crippen LogP) is 2.36. The highest BCUT2D eigenvalue weighted by atomic mass is 35.5. The molecular weight excluding hydrogens is 234 g/mol. The number of benzene rings is 1. The molecule has 1 unspecified atom stereocenters. The summed E-state index contributed by atoms with van der Waals surface area (Å²) < 4.78 is 1.81. The maximum atomic E-state index is 5.88. The summed E-state index contributed by atoms with van der Waals surface area (Å²) in [5.41, 5.74) is 8.11. The van der Waals surface area contributed by atoms with Crippen molar-refractivity contribution in [2.75, 3.05) is 6.54 Å². The third-order valence-electron chi connectivity index (χ3n) is 2.85. The van der Waals surface area contributed by atoms with Gasteiger partial charge in [0.25, 0.3) is 0 Å². The SMILES string of the molecule is Cn1ccc(CC(CN)c2ccc(Cl)cc2)n1. The highest BCUT2D eigenvalue weighted by Crippen LogP contribution is 2.21. The van der Waals surface area contributed by atoms with Crippen molar-refractivity contribution in [2.24, 2.45) is 12.8 Å². The van der Waals surface area contributed by atoms with Gasteiger partial charge < -0.3 is 5.73 Å². The van der Waals surface area contributed by atoms with Crippen LogP contribution in [0.4, 0.5) is 0 Å². The topological polar surface area (TPSA) is 43.8 Å². The quantitative estimate of drug-likeness (QED) is 0.904. The molecule has 1 aromatic carbocycles. The van der Waals surface area contributed by atoms with E-state index in [-0.39, 0.29) is 0 Å². The van der Waals surface area contributed by atoms with Crippen molar-refractivity contribution >= 4 is 11.6 Å². The van der Waals surface area contributed by atoms with Gasteiger partial charge in [-0.25, -0.2) is 0 Å². The van der Waals surface area contributed by atoms with Crippen molar-refractivity contribution < 1.29 is 0 Å². The zero-order valence-corrected chi connectivity index (χ0v) is 10.6. The summed E-state index contributed by atoms with van der Waals surface area (Å²) in [6.07, 6.45) is 2.81. The number of nitrogens with two attached hydrogens (primary N) is 1. The van der Waals surface area contributed by atoms with Gasteiger partial charge in [0.1, 0.15) is 0 Å². The van der Waals surface area contributed by atoms with Crippen LogP contribution < -0.4 is 5.73 Å². The number of rotatable bonds is 4. The summed E-state index contributed by atoms with van der Waals surface area (Å²) >= 11 is 5.88. The molecule has 1 aromatic heterocycles. The maximum absolute atomic E-state index is 5.88. The Balaban J connectivity index is 2.13. The first-order valence-electron chi connectivity index (χ1n) is 5.63. The summed E-state index contributed by atoms with van der Waals surface area (Å²) in [6, 6.07) is 9.89. The molecule has 0 aliphatic heterocycles. The van der Waals surface area contributed by atoms with Crippen molar-refractivity contribution in [1.29, 1.82) is 0 Å². The molecule has 0 bridgehead atoms. The maximum Gasteiger partial charge on any atom is 0.0631 e. The van der Waals surface area contributed by atoms with Crippen LogP contribution in [-0.2, 0) is 13.5 Å². The van der Waals surface area contributed by atoms with E-state index in [1.54, 1.807) is 0 Å². The minimum Gasteiger partial charge on any atom is -0.330 e. The molecule has 90 valence electrons.